The van der Waals surface area contributed by atoms with Gasteiger partial charge in [0.1, 0.15) is 0 Å². The summed E-state index contributed by atoms with van der Waals surface area (Å²) in [5.41, 5.74) is 6.48. The Morgan fingerprint density at radius 1 is 1.67 bits per heavy atom. The third-order valence-corrected chi connectivity index (χ3v) is 4.04. The molecule has 2 rings (SSSR count). The number of anilines is 1. The lowest BCUT2D eigenvalue weighted by Crippen LogP contribution is -2.33. The summed E-state index contributed by atoms with van der Waals surface area (Å²) in [4.78, 5) is 15.9. The first-order chi connectivity index (χ1) is 7.09. The topological polar surface area (TPSA) is 46.3 Å². The number of nitrogens with two attached hydrogens (primary N) is 1. The smallest absolute Gasteiger partial charge is 0.264 e. The molecule has 1 fully saturated rings. The molecule has 0 radical (unpaired) electrons. The lowest BCUT2D eigenvalue weighted by Gasteiger charge is -2.20. The van der Waals surface area contributed by atoms with Gasteiger partial charge in [0.2, 0.25) is 0 Å². The van der Waals surface area contributed by atoms with Gasteiger partial charge in [-0.1, -0.05) is 0 Å². The van der Waals surface area contributed by atoms with Crippen molar-refractivity contribution in [1.82, 2.24) is 4.90 Å². The van der Waals surface area contributed by atoms with Crippen LogP contribution in [0.4, 0.5) is 5.69 Å². The number of carbonyl (C=O) groups excluding carboxylic acids is 1. The molecule has 1 aromatic heterocycles. The second-order valence-electron chi connectivity index (χ2n) is 4.11. The van der Waals surface area contributed by atoms with Crippen molar-refractivity contribution in [1.29, 1.82) is 0 Å². The van der Waals surface area contributed by atoms with Gasteiger partial charge in [-0.15, -0.1) is 11.3 Å². The Hall–Kier alpha value is -1.03. The summed E-state index contributed by atoms with van der Waals surface area (Å²) >= 11 is 1.50. The minimum atomic E-state index is 0.143. The van der Waals surface area contributed by atoms with Crippen molar-refractivity contribution in [2.75, 3.05) is 12.3 Å². The van der Waals surface area contributed by atoms with Crippen molar-refractivity contribution in [3.8, 4) is 0 Å². The van der Waals surface area contributed by atoms with Crippen LogP contribution in [-0.4, -0.2) is 23.4 Å². The standard InChI is InChI=1S/C11H16N2OS/c1-7-4-3-5-13(7)11(14)10-6-9(12)8(2)15-10/h6-7H,3-5,12H2,1-2H3. The van der Waals surface area contributed by atoms with Crippen LogP contribution in [-0.2, 0) is 0 Å². The second kappa shape index (κ2) is 3.85. The quantitative estimate of drug-likeness (QED) is 0.795. The van der Waals surface area contributed by atoms with Gasteiger partial charge in [0.05, 0.1) is 4.88 Å². The highest BCUT2D eigenvalue weighted by Crippen LogP contribution is 2.27. The van der Waals surface area contributed by atoms with Gasteiger partial charge < -0.3 is 10.6 Å². The molecule has 2 heterocycles. The molecule has 0 spiro atoms. The van der Waals surface area contributed by atoms with Crippen molar-refractivity contribution in [2.24, 2.45) is 0 Å². The van der Waals surface area contributed by atoms with Crippen LogP contribution in [0.2, 0.25) is 0 Å². The van der Waals surface area contributed by atoms with E-state index in [-0.39, 0.29) is 5.91 Å². The fourth-order valence-corrected chi connectivity index (χ4v) is 2.88. The van der Waals surface area contributed by atoms with E-state index in [1.165, 1.54) is 11.3 Å². The van der Waals surface area contributed by atoms with Gasteiger partial charge >= 0.3 is 0 Å². The highest BCUT2D eigenvalue weighted by Gasteiger charge is 2.27. The summed E-state index contributed by atoms with van der Waals surface area (Å²) in [6, 6.07) is 2.18. The molecule has 1 unspecified atom stereocenters. The number of hydrogen-bond acceptors (Lipinski definition) is 3. The van der Waals surface area contributed by atoms with E-state index in [0.29, 0.717) is 6.04 Å². The third-order valence-electron chi connectivity index (χ3n) is 2.98. The highest BCUT2D eigenvalue weighted by molar-refractivity contribution is 7.14. The van der Waals surface area contributed by atoms with Crippen molar-refractivity contribution >= 4 is 22.9 Å². The van der Waals surface area contributed by atoms with Crippen LogP contribution in [0.15, 0.2) is 6.07 Å². The van der Waals surface area contributed by atoms with Gasteiger partial charge in [-0.05, 0) is 32.8 Å². The molecule has 0 saturated carbocycles. The van der Waals surface area contributed by atoms with E-state index in [1.54, 1.807) is 6.07 Å². The maximum atomic E-state index is 12.1. The third kappa shape index (κ3) is 1.86. The molecule has 0 aliphatic carbocycles. The average molecular weight is 224 g/mol. The number of nitrogens with zero attached hydrogens (tertiary/aromatic N) is 1. The minimum absolute atomic E-state index is 0.143. The number of rotatable bonds is 1. The Morgan fingerprint density at radius 2 is 2.40 bits per heavy atom. The van der Waals surface area contributed by atoms with Gasteiger partial charge in [0.15, 0.2) is 0 Å². The number of thiophene rings is 1. The zero-order valence-corrected chi connectivity index (χ0v) is 9.93. The molecule has 1 saturated heterocycles. The second-order valence-corrected chi connectivity index (χ2v) is 5.37. The molecule has 0 bridgehead atoms. The lowest BCUT2D eigenvalue weighted by molar-refractivity contribution is 0.0752. The normalized spacial score (nSPS) is 20.9. The van der Waals surface area contributed by atoms with E-state index in [0.717, 1.165) is 34.8 Å². The van der Waals surface area contributed by atoms with E-state index in [1.807, 2.05) is 11.8 Å². The highest BCUT2D eigenvalue weighted by atomic mass is 32.1. The Labute approximate surface area is 93.9 Å². The molecule has 1 atom stereocenters. The first-order valence-corrected chi connectivity index (χ1v) is 6.08. The number of carbonyl (C=O) groups is 1. The number of hydrogen-bond donors (Lipinski definition) is 1. The van der Waals surface area contributed by atoms with Crippen molar-refractivity contribution in [2.45, 2.75) is 32.7 Å². The summed E-state index contributed by atoms with van der Waals surface area (Å²) in [7, 11) is 0. The first-order valence-electron chi connectivity index (χ1n) is 5.26. The molecule has 1 aliphatic rings. The number of aryl methyl sites for hydroxylation is 1. The maximum absolute atomic E-state index is 12.1. The summed E-state index contributed by atoms with van der Waals surface area (Å²) in [6.45, 7) is 4.94. The first kappa shape index (κ1) is 10.5. The molecule has 1 amide bonds. The molecule has 82 valence electrons. The lowest BCUT2D eigenvalue weighted by atomic mass is 10.2. The van der Waals surface area contributed by atoms with E-state index < -0.39 is 0 Å². The SMILES string of the molecule is Cc1sc(C(=O)N2CCCC2C)cc1N. The Balaban J connectivity index is 2.20. The predicted molar refractivity (Wildman–Crippen MR) is 63.2 cm³/mol. The molecule has 1 aromatic rings. The van der Waals surface area contributed by atoms with Gasteiger partial charge in [0.25, 0.3) is 5.91 Å². The van der Waals surface area contributed by atoms with Gasteiger partial charge in [-0.25, -0.2) is 0 Å². The summed E-state index contributed by atoms with van der Waals surface area (Å²) in [6.07, 6.45) is 2.23. The molecular formula is C11H16N2OS. The van der Waals surface area contributed by atoms with Gasteiger partial charge in [-0.2, -0.15) is 0 Å². The van der Waals surface area contributed by atoms with Crippen LogP contribution in [0.25, 0.3) is 0 Å². The number of amides is 1. The van der Waals surface area contributed by atoms with Crippen LogP contribution in [0, 0.1) is 6.92 Å². The Morgan fingerprint density at radius 3 is 2.87 bits per heavy atom. The molecule has 3 nitrogen and oxygen atoms in total. The molecule has 1 aliphatic heterocycles. The van der Waals surface area contributed by atoms with E-state index >= 15 is 0 Å². The zero-order chi connectivity index (χ0) is 11.0. The minimum Gasteiger partial charge on any atom is -0.398 e. The van der Waals surface area contributed by atoms with Crippen LogP contribution >= 0.6 is 11.3 Å². The predicted octanol–water partition coefficient (Wildman–Crippen LogP) is 2.26. The molecule has 0 aromatic carbocycles. The van der Waals surface area contributed by atoms with Crippen LogP contribution in [0.5, 0.6) is 0 Å². The Bertz CT molecular complexity index is 366. The fraction of sp³-hybridized carbons (Fsp3) is 0.545. The van der Waals surface area contributed by atoms with Crippen LogP contribution in [0.1, 0.15) is 34.3 Å². The van der Waals surface area contributed by atoms with E-state index in [4.69, 9.17) is 5.73 Å². The fourth-order valence-electron chi connectivity index (χ4n) is 1.98. The molecule has 2 N–H and O–H groups in total. The van der Waals surface area contributed by atoms with Crippen molar-refractivity contribution < 1.29 is 4.79 Å². The monoisotopic (exact) mass is 224 g/mol. The average Bonchev–Trinajstić information content (AvgIpc) is 2.74. The largest absolute Gasteiger partial charge is 0.398 e. The van der Waals surface area contributed by atoms with Crippen molar-refractivity contribution in [3.63, 3.8) is 0 Å². The zero-order valence-electron chi connectivity index (χ0n) is 9.12. The molecular weight excluding hydrogens is 208 g/mol. The van der Waals surface area contributed by atoms with Gasteiger partial charge in [-0.3, -0.25) is 4.79 Å². The number of nitrogen functional groups attached to an aromatic ring is 1. The Kier molecular flexibility index (Phi) is 2.69. The van der Waals surface area contributed by atoms with E-state index in [9.17, 15) is 4.79 Å². The summed E-state index contributed by atoms with van der Waals surface area (Å²) in [5.74, 6) is 0.143. The molecule has 4 heteroatoms. The summed E-state index contributed by atoms with van der Waals surface area (Å²) in [5, 5.41) is 0. The summed E-state index contributed by atoms with van der Waals surface area (Å²) < 4.78 is 0. The van der Waals surface area contributed by atoms with Crippen LogP contribution in [0.3, 0.4) is 0 Å². The van der Waals surface area contributed by atoms with Crippen LogP contribution < -0.4 is 5.73 Å². The van der Waals surface area contributed by atoms with Crippen molar-refractivity contribution in [3.05, 3.63) is 15.8 Å². The molecule has 15 heavy (non-hydrogen) atoms. The van der Waals surface area contributed by atoms with Gasteiger partial charge in [0, 0.05) is 23.2 Å². The van der Waals surface area contributed by atoms with E-state index in [2.05, 4.69) is 6.92 Å². The maximum Gasteiger partial charge on any atom is 0.264 e. The number of likely N-dealkylation sites (tertiary alicyclic amines) is 1.